The number of carboxylic acid groups (broad SMARTS) is 2. The van der Waals surface area contributed by atoms with Crippen LogP contribution in [0, 0.1) is 11.8 Å². The molecule has 0 aromatic carbocycles. The number of carbonyl (C=O) groups excluding carboxylic acids is 5. The van der Waals surface area contributed by atoms with Crippen LogP contribution in [-0.4, -0.2) is 115 Å². The molecule has 0 unspecified atom stereocenters. The molecule has 6 atom stereocenters. The summed E-state index contributed by atoms with van der Waals surface area (Å²) in [5, 5.41) is 39.9. The number of carboxylic acids is 2. The van der Waals surface area contributed by atoms with Gasteiger partial charge in [0, 0.05) is 30.5 Å². The van der Waals surface area contributed by atoms with Crippen molar-refractivity contribution in [1.29, 1.82) is 0 Å². The van der Waals surface area contributed by atoms with Crippen LogP contribution in [0.5, 0.6) is 0 Å². The Kier molecular flexibility index (Phi) is 17.4. The number of nitrogens with zero attached hydrogens (tertiary/aromatic N) is 1. The van der Waals surface area contributed by atoms with Crippen LogP contribution in [0.3, 0.4) is 0 Å². The summed E-state index contributed by atoms with van der Waals surface area (Å²) in [6.07, 6.45) is 1.99. The number of aromatic nitrogens is 2. The van der Waals surface area contributed by atoms with Crippen LogP contribution < -0.4 is 32.3 Å². The molecule has 0 aliphatic rings. The van der Waals surface area contributed by atoms with Gasteiger partial charge in [-0.1, -0.05) is 27.7 Å². The molecule has 1 aromatic rings. The summed E-state index contributed by atoms with van der Waals surface area (Å²) in [7, 11) is 0. The Morgan fingerprint density at radius 3 is 1.87 bits per heavy atom. The predicted molar refractivity (Wildman–Crippen MR) is 170 cm³/mol. The second kappa shape index (κ2) is 20.1. The van der Waals surface area contributed by atoms with E-state index in [1.807, 2.05) is 0 Å². The Hall–Kier alpha value is -4.23. The van der Waals surface area contributed by atoms with Crippen molar-refractivity contribution in [1.82, 2.24) is 36.6 Å². The molecule has 1 aromatic heterocycles. The number of aliphatic hydroxyl groups is 1. The predicted octanol–water partition coefficient (Wildman–Crippen LogP) is -2.72. The van der Waals surface area contributed by atoms with E-state index in [0.717, 1.165) is 0 Å². The Morgan fingerprint density at radius 1 is 0.830 bits per heavy atom. The molecule has 1 rings (SSSR count). The lowest BCUT2D eigenvalue weighted by molar-refractivity contribution is -0.143. The first-order chi connectivity index (χ1) is 22.0. The van der Waals surface area contributed by atoms with Crippen molar-refractivity contribution in [2.24, 2.45) is 17.6 Å². The largest absolute Gasteiger partial charge is 0.481 e. The van der Waals surface area contributed by atoms with Gasteiger partial charge in [-0.25, -0.2) is 9.78 Å². The standard InChI is InChI=1S/C28H46N8O10S/c1-13(2)7-19(28(45)46)34-25(42)18(8-15-9-30-12-31-15)33-27(44)22(14(3)4)36-26(43)20(11-47)35-24(41)17(5-6-21(38)39)32-23(40)16(29)10-37/h9,12-14,16-20,22,37,47H,5-8,10-11,29H2,1-4H3,(H,30,31)(H,32,40)(H,33,44)(H,34,42)(H,35,41)(H,36,43)(H,38,39)(H,45,46)/t16-,17-,18-,19-,20-,22-/m0/s1. The third-order valence-electron chi connectivity index (χ3n) is 6.81. The molecular weight excluding hydrogens is 640 g/mol. The van der Waals surface area contributed by atoms with Crippen molar-refractivity contribution in [3.8, 4) is 0 Å². The molecule has 0 aliphatic carbocycles. The number of aromatic amines is 1. The first kappa shape index (κ1) is 40.8. The Balaban J connectivity index is 3.13. The number of nitrogens with one attached hydrogen (secondary N) is 6. The highest BCUT2D eigenvalue weighted by molar-refractivity contribution is 7.80. The summed E-state index contributed by atoms with van der Waals surface area (Å²) >= 11 is 4.11. The summed E-state index contributed by atoms with van der Waals surface area (Å²) < 4.78 is 0. The summed E-state index contributed by atoms with van der Waals surface area (Å²) in [5.74, 6) is -7.62. The molecular formula is C28H46N8O10S. The third-order valence-corrected chi connectivity index (χ3v) is 7.17. The molecule has 5 amide bonds. The zero-order valence-corrected chi connectivity index (χ0v) is 27.6. The van der Waals surface area contributed by atoms with Crippen LogP contribution >= 0.6 is 12.6 Å². The number of rotatable bonds is 21. The molecule has 264 valence electrons. The van der Waals surface area contributed by atoms with Gasteiger partial charge in [0.1, 0.15) is 36.3 Å². The van der Waals surface area contributed by atoms with Gasteiger partial charge < -0.3 is 52.6 Å². The number of hydrogen-bond acceptors (Lipinski definition) is 11. The first-order valence-electron chi connectivity index (χ1n) is 14.9. The number of aliphatic carboxylic acids is 2. The molecule has 47 heavy (non-hydrogen) atoms. The lowest BCUT2D eigenvalue weighted by Crippen LogP contribution is -2.61. The van der Waals surface area contributed by atoms with Crippen molar-refractivity contribution in [3.05, 3.63) is 18.2 Å². The average Bonchev–Trinajstić information content (AvgIpc) is 3.51. The Bertz CT molecular complexity index is 1230. The summed E-state index contributed by atoms with van der Waals surface area (Å²) in [6.45, 7) is 6.09. The zero-order valence-electron chi connectivity index (χ0n) is 26.7. The molecule has 11 N–H and O–H groups in total. The van der Waals surface area contributed by atoms with Gasteiger partial charge in [-0.15, -0.1) is 0 Å². The zero-order chi connectivity index (χ0) is 35.8. The molecule has 0 spiro atoms. The minimum absolute atomic E-state index is 0.0558. The van der Waals surface area contributed by atoms with Gasteiger partial charge in [-0.2, -0.15) is 12.6 Å². The topological polar surface area (TPSA) is 295 Å². The fraction of sp³-hybridized carbons (Fsp3) is 0.643. The monoisotopic (exact) mass is 686 g/mol. The van der Waals surface area contributed by atoms with Gasteiger partial charge in [0.15, 0.2) is 0 Å². The number of imidazole rings is 1. The highest BCUT2D eigenvalue weighted by atomic mass is 32.1. The fourth-order valence-corrected chi connectivity index (χ4v) is 4.46. The van der Waals surface area contributed by atoms with E-state index in [-0.39, 0.29) is 30.9 Å². The molecule has 0 fully saturated rings. The molecule has 0 radical (unpaired) electrons. The van der Waals surface area contributed by atoms with Crippen molar-refractivity contribution >= 4 is 54.1 Å². The van der Waals surface area contributed by atoms with E-state index in [9.17, 15) is 38.7 Å². The van der Waals surface area contributed by atoms with E-state index in [2.05, 4.69) is 49.2 Å². The summed E-state index contributed by atoms with van der Waals surface area (Å²) in [5.41, 5.74) is 5.94. The average molecular weight is 687 g/mol. The third kappa shape index (κ3) is 14.4. The van der Waals surface area contributed by atoms with E-state index < -0.39 is 96.7 Å². The van der Waals surface area contributed by atoms with Crippen LogP contribution in [-0.2, 0) is 40.0 Å². The quantitative estimate of drug-likeness (QED) is 0.0588. The number of amides is 5. The van der Waals surface area contributed by atoms with E-state index in [1.54, 1.807) is 27.7 Å². The van der Waals surface area contributed by atoms with Gasteiger partial charge in [0.25, 0.3) is 0 Å². The van der Waals surface area contributed by atoms with Gasteiger partial charge in [0.2, 0.25) is 29.5 Å². The lowest BCUT2D eigenvalue weighted by atomic mass is 10.0. The summed E-state index contributed by atoms with van der Waals surface area (Å²) in [4.78, 5) is 94.7. The molecule has 1 heterocycles. The first-order valence-corrected chi connectivity index (χ1v) is 15.5. The van der Waals surface area contributed by atoms with Crippen LogP contribution in [0.15, 0.2) is 12.5 Å². The molecule has 0 saturated carbocycles. The van der Waals surface area contributed by atoms with Gasteiger partial charge in [0.05, 0.1) is 12.9 Å². The van der Waals surface area contributed by atoms with Crippen LogP contribution in [0.1, 0.15) is 52.7 Å². The van der Waals surface area contributed by atoms with Gasteiger partial charge in [-0.05, 0) is 24.7 Å². The maximum absolute atomic E-state index is 13.5. The maximum atomic E-state index is 13.5. The molecule has 0 bridgehead atoms. The van der Waals surface area contributed by atoms with E-state index >= 15 is 0 Å². The minimum atomic E-state index is -1.43. The fourth-order valence-electron chi connectivity index (χ4n) is 4.21. The molecule has 0 saturated heterocycles. The normalized spacial score (nSPS) is 15.0. The van der Waals surface area contributed by atoms with Crippen molar-refractivity contribution in [3.63, 3.8) is 0 Å². The van der Waals surface area contributed by atoms with E-state index in [4.69, 9.17) is 15.9 Å². The number of nitrogens with two attached hydrogens (primary N) is 1. The number of H-pyrrole nitrogens is 1. The second-order valence-corrected chi connectivity index (χ2v) is 12.0. The lowest BCUT2D eigenvalue weighted by Gasteiger charge is -2.28. The summed E-state index contributed by atoms with van der Waals surface area (Å²) in [6, 6.07) is -7.88. The van der Waals surface area contributed by atoms with Gasteiger partial charge in [-0.3, -0.25) is 28.8 Å². The van der Waals surface area contributed by atoms with Crippen molar-refractivity contribution in [2.45, 2.75) is 89.6 Å². The van der Waals surface area contributed by atoms with Gasteiger partial charge >= 0.3 is 11.9 Å². The number of hydrogen-bond donors (Lipinski definition) is 11. The number of aliphatic hydroxyl groups excluding tert-OH is 1. The minimum Gasteiger partial charge on any atom is -0.481 e. The Labute approximate surface area is 277 Å². The van der Waals surface area contributed by atoms with Crippen LogP contribution in [0.25, 0.3) is 0 Å². The number of thiol groups is 1. The number of carbonyl (C=O) groups is 7. The Morgan fingerprint density at radius 2 is 1.38 bits per heavy atom. The van der Waals surface area contributed by atoms with Crippen molar-refractivity contribution < 1.29 is 48.9 Å². The highest BCUT2D eigenvalue weighted by Gasteiger charge is 2.34. The molecule has 0 aliphatic heterocycles. The second-order valence-electron chi connectivity index (χ2n) is 11.6. The van der Waals surface area contributed by atoms with Crippen LogP contribution in [0.2, 0.25) is 0 Å². The highest BCUT2D eigenvalue weighted by Crippen LogP contribution is 2.09. The smallest absolute Gasteiger partial charge is 0.326 e. The molecule has 18 nitrogen and oxygen atoms in total. The van der Waals surface area contributed by atoms with E-state index in [1.165, 1.54) is 12.5 Å². The van der Waals surface area contributed by atoms with Crippen LogP contribution in [0.4, 0.5) is 0 Å². The molecule has 19 heteroatoms. The maximum Gasteiger partial charge on any atom is 0.326 e. The van der Waals surface area contributed by atoms with Crippen molar-refractivity contribution in [2.75, 3.05) is 12.4 Å². The van der Waals surface area contributed by atoms with E-state index in [0.29, 0.717) is 5.69 Å². The SMILES string of the molecule is CC(C)C[C@H](NC(=O)[C@H](Cc1cnc[nH]1)NC(=O)[C@@H](NC(=O)[C@H](CS)NC(=O)[C@H](CCC(=O)O)NC(=O)[C@@H](N)CO)C(C)C)C(=O)O.